The first-order valence-electron chi connectivity index (χ1n) is 5.61. The second-order valence-electron chi connectivity index (χ2n) is 4.93. The number of carbonyl (C=O) groups excluding carboxylic acids is 1. The minimum atomic E-state index is -0.692. The molecular weight excluding hydrogens is 250 g/mol. The van der Waals surface area contributed by atoms with Gasteiger partial charge in [0.05, 0.1) is 15.2 Å². The van der Waals surface area contributed by atoms with Crippen molar-refractivity contribution in [3.05, 3.63) is 23.2 Å². The first-order valence-corrected chi connectivity index (χ1v) is 6.43. The third-order valence-corrected chi connectivity index (χ3v) is 2.99. The van der Waals surface area contributed by atoms with E-state index in [1.807, 2.05) is 13.0 Å². The van der Waals surface area contributed by atoms with Gasteiger partial charge in [-0.2, -0.15) is 0 Å². The minimum absolute atomic E-state index is 0.473. The Kier molecular flexibility index (Phi) is 3.26. The summed E-state index contributed by atoms with van der Waals surface area (Å²) in [5, 5.41) is 0.986. The largest absolute Gasteiger partial charge is 0.514 e. The van der Waals surface area contributed by atoms with Crippen LogP contribution in [0.3, 0.4) is 0 Å². The number of carbonyl (C=O) groups is 1. The highest BCUT2D eigenvalue weighted by Gasteiger charge is 2.18. The Morgan fingerprint density at radius 2 is 2.06 bits per heavy atom. The molecule has 0 fully saturated rings. The lowest BCUT2D eigenvalue weighted by Crippen LogP contribution is -2.25. The van der Waals surface area contributed by atoms with Crippen molar-refractivity contribution in [2.75, 3.05) is 0 Å². The second kappa shape index (κ2) is 4.57. The molecule has 0 radical (unpaired) electrons. The van der Waals surface area contributed by atoms with Gasteiger partial charge in [-0.15, -0.1) is 11.3 Å². The highest BCUT2D eigenvalue weighted by atomic mass is 32.1. The maximum atomic E-state index is 11.5. The number of aromatic nitrogens is 1. The number of benzene rings is 1. The van der Waals surface area contributed by atoms with E-state index in [1.54, 1.807) is 44.2 Å². The molecule has 1 aromatic heterocycles. The highest BCUT2D eigenvalue weighted by Crippen LogP contribution is 2.26. The fourth-order valence-electron chi connectivity index (χ4n) is 1.45. The Bertz CT molecular complexity index is 583. The normalized spacial score (nSPS) is 11.6. The molecule has 0 aliphatic carbocycles. The molecule has 0 amide bonds. The van der Waals surface area contributed by atoms with E-state index < -0.39 is 11.8 Å². The molecular formula is C13H15NO3S. The summed E-state index contributed by atoms with van der Waals surface area (Å²) in [4.78, 5) is 15.9. The number of rotatable bonds is 1. The summed E-state index contributed by atoms with van der Waals surface area (Å²) in [6.07, 6.45) is -0.692. The second-order valence-corrected chi connectivity index (χ2v) is 6.16. The van der Waals surface area contributed by atoms with Crippen molar-refractivity contribution < 1.29 is 14.3 Å². The van der Waals surface area contributed by atoms with Crippen molar-refractivity contribution in [1.82, 2.24) is 4.98 Å². The summed E-state index contributed by atoms with van der Waals surface area (Å²) in [5.74, 6) is 0.473. The van der Waals surface area contributed by atoms with E-state index >= 15 is 0 Å². The summed E-state index contributed by atoms with van der Waals surface area (Å²) < 4.78 is 11.2. The number of thiazole rings is 1. The van der Waals surface area contributed by atoms with Crippen LogP contribution < -0.4 is 4.74 Å². The number of fused-ring (bicyclic) bond motifs is 1. The Morgan fingerprint density at radius 1 is 1.33 bits per heavy atom. The molecule has 0 N–H and O–H groups in total. The minimum Gasteiger partial charge on any atom is -0.428 e. The van der Waals surface area contributed by atoms with Crippen molar-refractivity contribution in [2.24, 2.45) is 0 Å². The predicted molar refractivity (Wildman–Crippen MR) is 71.2 cm³/mol. The smallest absolute Gasteiger partial charge is 0.428 e. The van der Waals surface area contributed by atoms with Crippen molar-refractivity contribution in [3.8, 4) is 5.75 Å². The first-order chi connectivity index (χ1) is 8.33. The fourth-order valence-corrected chi connectivity index (χ4v) is 2.31. The Balaban J connectivity index is 2.14. The van der Waals surface area contributed by atoms with E-state index in [4.69, 9.17) is 9.47 Å². The summed E-state index contributed by atoms with van der Waals surface area (Å²) >= 11 is 1.56. The van der Waals surface area contributed by atoms with Gasteiger partial charge in [0.2, 0.25) is 0 Å². The number of nitrogens with zero attached hydrogens (tertiary/aromatic N) is 1. The summed E-state index contributed by atoms with van der Waals surface area (Å²) in [6.45, 7) is 7.33. The van der Waals surface area contributed by atoms with Gasteiger partial charge in [-0.1, -0.05) is 0 Å². The quantitative estimate of drug-likeness (QED) is 0.579. The Hall–Kier alpha value is -1.62. The maximum Gasteiger partial charge on any atom is 0.514 e. The molecule has 18 heavy (non-hydrogen) atoms. The standard InChI is InChI=1S/C13H15NO3S/c1-8-14-10-6-5-9(7-11(10)18-8)16-12(15)17-13(2,3)4/h5-7H,1-4H3. The summed E-state index contributed by atoms with van der Waals surface area (Å²) in [7, 11) is 0. The Morgan fingerprint density at radius 3 is 2.72 bits per heavy atom. The summed E-state index contributed by atoms with van der Waals surface area (Å²) in [6, 6.07) is 5.34. The van der Waals surface area contributed by atoms with Crippen LogP contribution in [0.5, 0.6) is 5.75 Å². The average molecular weight is 265 g/mol. The molecule has 0 unspecified atom stereocenters. The van der Waals surface area contributed by atoms with Crippen LogP contribution in [0.2, 0.25) is 0 Å². The highest BCUT2D eigenvalue weighted by molar-refractivity contribution is 7.18. The van der Waals surface area contributed by atoms with E-state index in [-0.39, 0.29) is 0 Å². The van der Waals surface area contributed by atoms with E-state index in [1.165, 1.54) is 0 Å². The average Bonchev–Trinajstić information content (AvgIpc) is 2.53. The zero-order chi connectivity index (χ0) is 13.3. The van der Waals surface area contributed by atoms with Crippen LogP contribution >= 0.6 is 11.3 Å². The topological polar surface area (TPSA) is 48.4 Å². The van der Waals surface area contributed by atoms with Gasteiger partial charge in [0, 0.05) is 6.07 Å². The Labute approximate surface area is 110 Å². The van der Waals surface area contributed by atoms with Crippen molar-refractivity contribution in [3.63, 3.8) is 0 Å². The third-order valence-electron chi connectivity index (χ3n) is 2.06. The van der Waals surface area contributed by atoms with Gasteiger partial charge in [-0.05, 0) is 39.8 Å². The monoisotopic (exact) mass is 265 g/mol. The maximum absolute atomic E-state index is 11.5. The first kappa shape index (κ1) is 12.8. The van der Waals surface area contributed by atoms with Gasteiger partial charge in [0.1, 0.15) is 11.4 Å². The molecule has 0 aliphatic rings. The molecule has 96 valence electrons. The van der Waals surface area contributed by atoms with Crippen LogP contribution in [0.1, 0.15) is 25.8 Å². The van der Waals surface area contributed by atoms with E-state index in [9.17, 15) is 4.79 Å². The number of hydrogen-bond acceptors (Lipinski definition) is 5. The van der Waals surface area contributed by atoms with Crippen LogP contribution in [0.25, 0.3) is 10.2 Å². The van der Waals surface area contributed by atoms with Gasteiger partial charge in [0.25, 0.3) is 0 Å². The molecule has 5 heteroatoms. The van der Waals surface area contributed by atoms with Gasteiger partial charge >= 0.3 is 6.16 Å². The zero-order valence-electron chi connectivity index (χ0n) is 10.8. The third kappa shape index (κ3) is 3.20. The van der Waals surface area contributed by atoms with Crippen molar-refractivity contribution in [2.45, 2.75) is 33.3 Å². The zero-order valence-corrected chi connectivity index (χ0v) is 11.6. The van der Waals surface area contributed by atoms with Crippen LogP contribution in [0.4, 0.5) is 4.79 Å². The van der Waals surface area contributed by atoms with Gasteiger partial charge in [-0.25, -0.2) is 9.78 Å². The molecule has 0 saturated heterocycles. The summed E-state index contributed by atoms with van der Waals surface area (Å²) in [5.41, 5.74) is 0.358. The molecule has 2 rings (SSSR count). The number of aryl methyl sites for hydroxylation is 1. The van der Waals surface area contributed by atoms with E-state index in [0.29, 0.717) is 5.75 Å². The van der Waals surface area contributed by atoms with Gasteiger partial charge in [-0.3, -0.25) is 0 Å². The van der Waals surface area contributed by atoms with E-state index in [2.05, 4.69) is 4.98 Å². The molecule has 0 aliphatic heterocycles. The molecule has 0 atom stereocenters. The molecule has 1 aromatic carbocycles. The van der Waals surface area contributed by atoms with Crippen LogP contribution in [-0.4, -0.2) is 16.7 Å². The van der Waals surface area contributed by atoms with Crippen LogP contribution in [0.15, 0.2) is 18.2 Å². The van der Waals surface area contributed by atoms with Crippen LogP contribution in [0, 0.1) is 6.92 Å². The fraction of sp³-hybridized carbons (Fsp3) is 0.385. The molecule has 2 aromatic rings. The number of hydrogen-bond donors (Lipinski definition) is 0. The van der Waals surface area contributed by atoms with Crippen molar-refractivity contribution in [1.29, 1.82) is 0 Å². The molecule has 1 heterocycles. The molecule has 4 nitrogen and oxygen atoms in total. The van der Waals surface area contributed by atoms with Crippen molar-refractivity contribution >= 4 is 27.7 Å². The van der Waals surface area contributed by atoms with Gasteiger partial charge in [0.15, 0.2) is 0 Å². The predicted octanol–water partition coefficient (Wildman–Crippen LogP) is 3.92. The molecule has 0 saturated carbocycles. The lowest BCUT2D eigenvalue weighted by atomic mass is 10.2. The lowest BCUT2D eigenvalue weighted by molar-refractivity contribution is 0.0206. The molecule has 0 spiro atoms. The SMILES string of the molecule is Cc1nc2ccc(OC(=O)OC(C)(C)C)cc2s1. The number of ether oxygens (including phenoxy) is 2. The molecule has 0 bridgehead atoms. The van der Waals surface area contributed by atoms with Gasteiger partial charge < -0.3 is 9.47 Å². The van der Waals surface area contributed by atoms with Crippen LogP contribution in [-0.2, 0) is 4.74 Å². The lowest BCUT2D eigenvalue weighted by Gasteiger charge is -2.18. The van der Waals surface area contributed by atoms with E-state index in [0.717, 1.165) is 15.2 Å².